The van der Waals surface area contributed by atoms with Gasteiger partial charge in [-0.2, -0.15) is 10.1 Å². The topological polar surface area (TPSA) is 117 Å². The summed E-state index contributed by atoms with van der Waals surface area (Å²) < 4.78 is 7.21. The zero-order chi connectivity index (χ0) is 18.4. The number of nitrogens with zero attached hydrogens (tertiary/aromatic N) is 5. The van der Waals surface area contributed by atoms with E-state index in [-0.39, 0.29) is 12.1 Å². The standard InChI is InChI=1S/C18H21N7O/c1-9(2)25-17-14(16(19)21-10(3)22-17)15(24-25)12-5-4-11-6-7-26-18(20)23-13(11)8-12/h4-5,8-9H,6-7H2,1-3H3,(H2,20,23)(H2,19,21,22). The van der Waals surface area contributed by atoms with Crippen LogP contribution < -0.4 is 11.5 Å². The molecule has 0 radical (unpaired) electrons. The van der Waals surface area contributed by atoms with E-state index in [1.165, 1.54) is 0 Å². The summed E-state index contributed by atoms with van der Waals surface area (Å²) in [5, 5.41) is 5.53. The molecule has 8 heteroatoms. The molecule has 0 fully saturated rings. The first-order chi connectivity index (χ1) is 12.4. The highest BCUT2D eigenvalue weighted by molar-refractivity contribution is 5.99. The van der Waals surface area contributed by atoms with Gasteiger partial charge in [0, 0.05) is 18.0 Å². The molecule has 0 amide bonds. The maximum absolute atomic E-state index is 6.22. The van der Waals surface area contributed by atoms with Gasteiger partial charge >= 0.3 is 0 Å². The lowest BCUT2D eigenvalue weighted by atomic mass is 10.0. The Bertz CT molecular complexity index is 1040. The van der Waals surface area contributed by atoms with Crippen molar-refractivity contribution in [2.75, 3.05) is 12.3 Å². The Balaban J connectivity index is 1.97. The Kier molecular flexibility index (Phi) is 3.75. The molecule has 0 saturated heterocycles. The predicted octanol–water partition coefficient (Wildman–Crippen LogP) is 2.48. The minimum atomic E-state index is 0.142. The predicted molar refractivity (Wildman–Crippen MR) is 101 cm³/mol. The number of nitrogen functional groups attached to an aromatic ring is 1. The van der Waals surface area contributed by atoms with Crippen LogP contribution in [-0.4, -0.2) is 32.4 Å². The van der Waals surface area contributed by atoms with Gasteiger partial charge in [0.2, 0.25) is 0 Å². The number of benzene rings is 1. The number of nitrogens with two attached hydrogens (primary N) is 2. The van der Waals surface area contributed by atoms with E-state index in [9.17, 15) is 0 Å². The van der Waals surface area contributed by atoms with E-state index in [0.717, 1.165) is 40.0 Å². The largest absolute Gasteiger partial charge is 0.465 e. The summed E-state index contributed by atoms with van der Waals surface area (Å²) in [6.07, 6.45) is 0.755. The fourth-order valence-corrected chi connectivity index (χ4v) is 3.18. The fraction of sp³-hybridized carbons (Fsp3) is 0.333. The Labute approximate surface area is 150 Å². The van der Waals surface area contributed by atoms with E-state index >= 15 is 0 Å². The van der Waals surface area contributed by atoms with Crippen LogP contribution in [-0.2, 0) is 11.2 Å². The summed E-state index contributed by atoms with van der Waals surface area (Å²) in [5.41, 5.74) is 16.3. The van der Waals surface area contributed by atoms with Gasteiger partial charge in [-0.15, -0.1) is 0 Å². The van der Waals surface area contributed by atoms with Crippen LogP contribution in [0.4, 0.5) is 11.5 Å². The summed E-state index contributed by atoms with van der Waals surface area (Å²) in [6.45, 7) is 6.46. The molecule has 134 valence electrons. The zero-order valence-corrected chi connectivity index (χ0v) is 15.0. The number of rotatable bonds is 2. The summed E-state index contributed by atoms with van der Waals surface area (Å²) in [4.78, 5) is 13.2. The van der Waals surface area contributed by atoms with E-state index in [2.05, 4.69) is 28.8 Å². The molecule has 8 nitrogen and oxygen atoms in total. The average Bonchev–Trinajstić information content (AvgIpc) is 2.85. The molecule has 4 rings (SSSR count). The number of aliphatic imine (C=N–C) groups is 1. The molecule has 2 aromatic heterocycles. The molecule has 26 heavy (non-hydrogen) atoms. The molecule has 0 saturated carbocycles. The van der Waals surface area contributed by atoms with Crippen LogP contribution in [0.25, 0.3) is 22.3 Å². The summed E-state index contributed by atoms with van der Waals surface area (Å²) in [6, 6.07) is 6.33. The molecule has 4 N–H and O–H groups in total. The highest BCUT2D eigenvalue weighted by Crippen LogP contribution is 2.35. The summed E-state index contributed by atoms with van der Waals surface area (Å²) in [7, 11) is 0. The summed E-state index contributed by atoms with van der Waals surface area (Å²) >= 11 is 0. The lowest BCUT2D eigenvalue weighted by molar-refractivity contribution is 0.307. The van der Waals surface area contributed by atoms with Gasteiger partial charge in [-0.3, -0.25) is 0 Å². The monoisotopic (exact) mass is 351 g/mol. The van der Waals surface area contributed by atoms with E-state index in [1.807, 2.05) is 29.8 Å². The minimum Gasteiger partial charge on any atom is -0.465 e. The van der Waals surface area contributed by atoms with Gasteiger partial charge in [-0.05, 0) is 32.4 Å². The van der Waals surface area contributed by atoms with Crippen LogP contribution in [0.2, 0.25) is 0 Å². The minimum absolute atomic E-state index is 0.142. The number of hydrogen-bond donors (Lipinski definition) is 2. The lowest BCUT2D eigenvalue weighted by Gasteiger charge is -2.06. The number of ether oxygens (including phenoxy) is 1. The first-order valence-corrected chi connectivity index (χ1v) is 8.56. The Morgan fingerprint density at radius 3 is 2.77 bits per heavy atom. The van der Waals surface area contributed by atoms with Crippen molar-refractivity contribution >= 4 is 28.6 Å². The van der Waals surface area contributed by atoms with Crippen LogP contribution in [0, 0.1) is 6.92 Å². The second-order valence-electron chi connectivity index (χ2n) is 6.63. The van der Waals surface area contributed by atoms with Gasteiger partial charge in [0.05, 0.1) is 17.7 Å². The Hall–Kier alpha value is -3.16. The van der Waals surface area contributed by atoms with Crippen LogP contribution in [0.15, 0.2) is 23.2 Å². The van der Waals surface area contributed by atoms with Crippen molar-refractivity contribution in [3.05, 3.63) is 29.6 Å². The first kappa shape index (κ1) is 16.3. The van der Waals surface area contributed by atoms with E-state index in [0.29, 0.717) is 18.2 Å². The smallest absolute Gasteiger partial charge is 0.287 e. The molecule has 0 spiro atoms. The van der Waals surface area contributed by atoms with Crippen molar-refractivity contribution in [2.45, 2.75) is 33.2 Å². The first-order valence-electron chi connectivity index (χ1n) is 8.56. The molecule has 1 aliphatic heterocycles. The molecular weight excluding hydrogens is 330 g/mol. The van der Waals surface area contributed by atoms with Gasteiger partial charge in [-0.25, -0.2) is 14.6 Å². The van der Waals surface area contributed by atoms with Crippen molar-refractivity contribution in [1.82, 2.24) is 19.7 Å². The number of fused-ring (bicyclic) bond motifs is 2. The van der Waals surface area contributed by atoms with Crippen molar-refractivity contribution in [1.29, 1.82) is 0 Å². The third-order valence-electron chi connectivity index (χ3n) is 4.39. The second kappa shape index (κ2) is 5.98. The van der Waals surface area contributed by atoms with E-state index < -0.39 is 0 Å². The normalized spacial score (nSPS) is 14.1. The van der Waals surface area contributed by atoms with E-state index in [4.69, 9.17) is 21.3 Å². The molecular formula is C18H21N7O. The van der Waals surface area contributed by atoms with Gasteiger partial charge in [0.25, 0.3) is 6.02 Å². The number of aryl methyl sites for hydroxylation is 1. The molecule has 3 aromatic rings. The van der Waals surface area contributed by atoms with Gasteiger partial charge in [-0.1, -0.05) is 12.1 Å². The molecule has 3 heterocycles. The molecule has 0 bridgehead atoms. The van der Waals surface area contributed by atoms with Crippen molar-refractivity contribution in [3.63, 3.8) is 0 Å². The van der Waals surface area contributed by atoms with Crippen LogP contribution >= 0.6 is 0 Å². The average molecular weight is 351 g/mol. The Morgan fingerprint density at radius 2 is 2.00 bits per heavy atom. The van der Waals surface area contributed by atoms with Crippen molar-refractivity contribution in [3.8, 4) is 11.3 Å². The summed E-state index contributed by atoms with van der Waals surface area (Å²) in [5.74, 6) is 1.05. The maximum Gasteiger partial charge on any atom is 0.287 e. The highest BCUT2D eigenvalue weighted by Gasteiger charge is 2.20. The van der Waals surface area contributed by atoms with Gasteiger partial charge in [0.1, 0.15) is 17.3 Å². The third-order valence-corrected chi connectivity index (χ3v) is 4.39. The maximum atomic E-state index is 6.22. The third kappa shape index (κ3) is 2.63. The zero-order valence-electron chi connectivity index (χ0n) is 15.0. The van der Waals surface area contributed by atoms with Crippen LogP contribution in [0.3, 0.4) is 0 Å². The van der Waals surface area contributed by atoms with Crippen molar-refractivity contribution in [2.24, 2.45) is 10.7 Å². The van der Waals surface area contributed by atoms with Gasteiger partial charge in [0.15, 0.2) is 5.65 Å². The molecule has 0 aliphatic carbocycles. The highest BCUT2D eigenvalue weighted by atomic mass is 16.5. The van der Waals surface area contributed by atoms with Crippen LogP contribution in [0.5, 0.6) is 0 Å². The lowest BCUT2D eigenvalue weighted by Crippen LogP contribution is -2.15. The Morgan fingerprint density at radius 1 is 1.19 bits per heavy atom. The molecule has 0 unspecified atom stereocenters. The number of amidine groups is 1. The SMILES string of the molecule is Cc1nc(N)c2c(-c3ccc4c(c3)N=C(N)OCC4)nn(C(C)C)c2n1. The van der Waals surface area contributed by atoms with E-state index in [1.54, 1.807) is 0 Å². The number of anilines is 1. The fourth-order valence-electron chi connectivity index (χ4n) is 3.18. The number of hydrogen-bond acceptors (Lipinski definition) is 7. The molecule has 1 aliphatic rings. The van der Waals surface area contributed by atoms with Crippen molar-refractivity contribution < 1.29 is 4.74 Å². The number of aromatic nitrogens is 4. The molecule has 0 atom stereocenters. The van der Waals surface area contributed by atoms with Crippen LogP contribution in [0.1, 0.15) is 31.3 Å². The quantitative estimate of drug-likeness (QED) is 0.732. The van der Waals surface area contributed by atoms with Gasteiger partial charge < -0.3 is 16.2 Å². The molecule has 1 aromatic carbocycles. The second-order valence-corrected chi connectivity index (χ2v) is 6.63.